The number of nitrogen functional groups attached to an aromatic ring is 1. The van der Waals surface area contributed by atoms with Gasteiger partial charge in [-0.25, -0.2) is 0 Å². The first-order chi connectivity index (χ1) is 8.91. The maximum absolute atomic E-state index is 11.2. The van der Waals surface area contributed by atoms with Gasteiger partial charge in [0, 0.05) is 12.6 Å². The van der Waals surface area contributed by atoms with Gasteiger partial charge in [0.05, 0.1) is 23.7 Å². The monoisotopic (exact) mass is 267 g/mol. The van der Waals surface area contributed by atoms with Crippen molar-refractivity contribution in [3.63, 3.8) is 0 Å². The zero-order valence-electron chi connectivity index (χ0n) is 10.6. The molecule has 19 heavy (non-hydrogen) atoms. The molecule has 1 unspecified atom stereocenters. The first-order valence-electron chi connectivity index (χ1n) is 5.84. The molecule has 0 fully saturated rings. The maximum atomic E-state index is 11.2. The SMILES string of the molecule is CC(O)(CO)CNc1cc2c(cc1N)OCC(=O)N2. The summed E-state index contributed by atoms with van der Waals surface area (Å²) >= 11 is 0. The Morgan fingerprint density at radius 3 is 3.00 bits per heavy atom. The number of fused-ring (bicyclic) bond motifs is 1. The van der Waals surface area contributed by atoms with E-state index in [2.05, 4.69) is 10.6 Å². The number of aliphatic hydroxyl groups excluding tert-OH is 1. The zero-order chi connectivity index (χ0) is 14.0. The number of carbonyl (C=O) groups excluding carboxylic acids is 1. The number of carbonyl (C=O) groups is 1. The number of benzene rings is 1. The Bertz CT molecular complexity index is 502. The van der Waals surface area contributed by atoms with Crippen LogP contribution in [0.25, 0.3) is 0 Å². The zero-order valence-corrected chi connectivity index (χ0v) is 10.6. The fourth-order valence-electron chi connectivity index (χ4n) is 1.64. The van der Waals surface area contributed by atoms with Crippen molar-refractivity contribution in [1.29, 1.82) is 0 Å². The van der Waals surface area contributed by atoms with Gasteiger partial charge in [-0.2, -0.15) is 0 Å². The lowest BCUT2D eigenvalue weighted by atomic mass is 10.1. The van der Waals surface area contributed by atoms with Crippen LogP contribution in [0, 0.1) is 0 Å². The van der Waals surface area contributed by atoms with E-state index in [1.807, 2.05) is 0 Å². The highest BCUT2D eigenvalue weighted by Gasteiger charge is 2.21. The number of hydrogen-bond donors (Lipinski definition) is 5. The van der Waals surface area contributed by atoms with Gasteiger partial charge in [-0.05, 0) is 13.0 Å². The van der Waals surface area contributed by atoms with Gasteiger partial charge in [-0.1, -0.05) is 0 Å². The van der Waals surface area contributed by atoms with Crippen LogP contribution in [0.5, 0.6) is 5.75 Å². The minimum atomic E-state index is -1.25. The number of hydrogen-bond acceptors (Lipinski definition) is 6. The molecule has 0 radical (unpaired) electrons. The van der Waals surface area contributed by atoms with Crippen LogP contribution in [0.15, 0.2) is 12.1 Å². The number of anilines is 3. The Kier molecular flexibility index (Phi) is 3.50. The molecule has 0 aromatic heterocycles. The first kappa shape index (κ1) is 13.4. The summed E-state index contributed by atoms with van der Waals surface area (Å²) in [5.41, 5.74) is 6.12. The van der Waals surface area contributed by atoms with E-state index in [9.17, 15) is 9.90 Å². The van der Waals surface area contributed by atoms with E-state index in [1.54, 1.807) is 12.1 Å². The number of amides is 1. The van der Waals surface area contributed by atoms with Crippen LogP contribution in [-0.4, -0.2) is 41.5 Å². The molecule has 7 nitrogen and oxygen atoms in total. The van der Waals surface area contributed by atoms with Crippen LogP contribution in [-0.2, 0) is 4.79 Å². The molecule has 1 heterocycles. The average molecular weight is 267 g/mol. The summed E-state index contributed by atoms with van der Waals surface area (Å²) in [4.78, 5) is 11.2. The van der Waals surface area contributed by atoms with Crippen molar-refractivity contribution in [2.75, 3.05) is 36.1 Å². The van der Waals surface area contributed by atoms with E-state index in [0.717, 1.165) is 0 Å². The van der Waals surface area contributed by atoms with Gasteiger partial charge in [0.15, 0.2) is 6.61 Å². The van der Waals surface area contributed by atoms with Gasteiger partial charge < -0.3 is 31.3 Å². The number of nitrogens with two attached hydrogens (primary N) is 1. The first-order valence-corrected chi connectivity index (χ1v) is 5.84. The molecule has 1 aromatic carbocycles. The summed E-state index contributed by atoms with van der Waals surface area (Å²) in [5, 5.41) is 24.3. The molecule has 0 saturated carbocycles. The normalized spacial score (nSPS) is 16.9. The molecule has 1 atom stereocenters. The van der Waals surface area contributed by atoms with Gasteiger partial charge >= 0.3 is 0 Å². The summed E-state index contributed by atoms with van der Waals surface area (Å²) < 4.78 is 5.23. The Morgan fingerprint density at radius 1 is 1.58 bits per heavy atom. The second-order valence-corrected chi connectivity index (χ2v) is 4.78. The topological polar surface area (TPSA) is 117 Å². The van der Waals surface area contributed by atoms with Crippen LogP contribution in [0.3, 0.4) is 0 Å². The Balaban J connectivity index is 2.18. The lowest BCUT2D eigenvalue weighted by molar-refractivity contribution is -0.118. The predicted molar refractivity (Wildman–Crippen MR) is 71.2 cm³/mol. The van der Waals surface area contributed by atoms with Crippen LogP contribution in [0.1, 0.15) is 6.92 Å². The minimum absolute atomic E-state index is 0.0293. The highest BCUT2D eigenvalue weighted by Crippen LogP contribution is 2.35. The van der Waals surface area contributed by atoms with Crippen molar-refractivity contribution in [2.24, 2.45) is 0 Å². The predicted octanol–water partition coefficient (Wildman–Crippen LogP) is -0.245. The smallest absolute Gasteiger partial charge is 0.262 e. The average Bonchev–Trinajstić information content (AvgIpc) is 2.37. The van der Waals surface area contributed by atoms with E-state index in [1.165, 1.54) is 6.92 Å². The fourth-order valence-corrected chi connectivity index (χ4v) is 1.64. The third-order valence-electron chi connectivity index (χ3n) is 2.78. The Morgan fingerprint density at radius 2 is 2.32 bits per heavy atom. The van der Waals surface area contributed by atoms with Gasteiger partial charge in [-0.15, -0.1) is 0 Å². The molecule has 1 aromatic rings. The number of rotatable bonds is 4. The second-order valence-electron chi connectivity index (χ2n) is 4.78. The summed E-state index contributed by atoms with van der Waals surface area (Å²) in [7, 11) is 0. The van der Waals surface area contributed by atoms with E-state index in [4.69, 9.17) is 15.6 Å². The molecular weight excluding hydrogens is 250 g/mol. The third-order valence-corrected chi connectivity index (χ3v) is 2.78. The fraction of sp³-hybridized carbons (Fsp3) is 0.417. The molecule has 6 N–H and O–H groups in total. The van der Waals surface area contributed by atoms with Gasteiger partial charge in [0.25, 0.3) is 5.91 Å². The van der Waals surface area contributed by atoms with Crippen molar-refractivity contribution in [3.05, 3.63) is 12.1 Å². The molecular formula is C12H17N3O4. The van der Waals surface area contributed by atoms with Crippen molar-refractivity contribution in [2.45, 2.75) is 12.5 Å². The van der Waals surface area contributed by atoms with E-state index < -0.39 is 5.60 Å². The second kappa shape index (κ2) is 4.94. The van der Waals surface area contributed by atoms with Gasteiger partial charge in [-0.3, -0.25) is 4.79 Å². The van der Waals surface area contributed by atoms with Crippen molar-refractivity contribution in [3.8, 4) is 5.75 Å². The quantitative estimate of drug-likeness (QED) is 0.480. The van der Waals surface area contributed by atoms with Crippen LogP contribution in [0.2, 0.25) is 0 Å². The molecule has 1 amide bonds. The third kappa shape index (κ3) is 3.07. The minimum Gasteiger partial charge on any atom is -0.482 e. The highest BCUT2D eigenvalue weighted by atomic mass is 16.5. The molecule has 0 bridgehead atoms. The standard InChI is InChI=1S/C12H17N3O4/c1-12(18,6-16)5-14-8-3-9-10(2-7(8)13)19-4-11(17)15-9/h2-3,14,16,18H,4-6,13H2,1H3,(H,15,17). The van der Waals surface area contributed by atoms with Crippen LogP contribution < -0.4 is 21.1 Å². The Hall–Kier alpha value is -1.99. The number of nitrogens with one attached hydrogen (secondary N) is 2. The Labute approximate surface area is 110 Å². The lowest BCUT2D eigenvalue weighted by Gasteiger charge is -2.24. The summed E-state index contributed by atoms with van der Waals surface area (Å²) in [5.74, 6) is 0.280. The molecule has 104 valence electrons. The molecule has 0 aliphatic carbocycles. The molecule has 0 saturated heterocycles. The number of ether oxygens (including phenoxy) is 1. The van der Waals surface area contributed by atoms with Crippen molar-refractivity contribution >= 4 is 23.0 Å². The highest BCUT2D eigenvalue weighted by molar-refractivity contribution is 5.97. The lowest BCUT2D eigenvalue weighted by Crippen LogP contribution is -2.37. The molecule has 1 aliphatic rings. The van der Waals surface area contributed by atoms with E-state index >= 15 is 0 Å². The van der Waals surface area contributed by atoms with Gasteiger partial charge in [0.2, 0.25) is 0 Å². The van der Waals surface area contributed by atoms with Gasteiger partial charge in [0.1, 0.15) is 11.4 Å². The molecule has 2 rings (SSSR count). The van der Waals surface area contributed by atoms with E-state index in [-0.39, 0.29) is 25.7 Å². The molecule has 0 spiro atoms. The largest absolute Gasteiger partial charge is 0.482 e. The maximum Gasteiger partial charge on any atom is 0.262 e. The summed E-state index contributed by atoms with van der Waals surface area (Å²) in [6.07, 6.45) is 0. The summed E-state index contributed by atoms with van der Waals surface area (Å²) in [6, 6.07) is 3.24. The van der Waals surface area contributed by atoms with E-state index in [0.29, 0.717) is 22.8 Å². The number of aliphatic hydroxyl groups is 2. The van der Waals surface area contributed by atoms with Crippen LogP contribution in [0.4, 0.5) is 17.1 Å². The molecule has 7 heteroatoms. The summed E-state index contributed by atoms with van der Waals surface area (Å²) in [6.45, 7) is 1.23. The van der Waals surface area contributed by atoms with Crippen LogP contribution >= 0.6 is 0 Å². The van der Waals surface area contributed by atoms with Crippen molar-refractivity contribution in [1.82, 2.24) is 0 Å². The van der Waals surface area contributed by atoms with Crippen molar-refractivity contribution < 1.29 is 19.7 Å². The molecule has 1 aliphatic heterocycles.